The van der Waals surface area contributed by atoms with Gasteiger partial charge in [-0.05, 0) is 44.6 Å². The van der Waals surface area contributed by atoms with Crippen LogP contribution in [0.25, 0.3) is 10.8 Å². The Bertz CT molecular complexity index is 851. The van der Waals surface area contributed by atoms with Crippen molar-refractivity contribution in [2.45, 2.75) is 6.92 Å². The largest absolute Gasteiger partial charge is 0.462 e. The van der Waals surface area contributed by atoms with Crippen molar-refractivity contribution in [3.63, 3.8) is 0 Å². The molecule has 1 heterocycles. The summed E-state index contributed by atoms with van der Waals surface area (Å²) in [6.45, 7) is 2.90. The topological polar surface area (TPSA) is 66.9 Å². The Kier molecular flexibility index (Phi) is 4.55. The molecule has 0 unspecified atom stereocenters. The fourth-order valence-corrected chi connectivity index (χ4v) is 3.04. The average Bonchev–Trinajstić information content (AvgIpc) is 2.59. The third-order valence-electron chi connectivity index (χ3n) is 4.26. The van der Waals surface area contributed by atoms with E-state index in [1.165, 1.54) is 4.90 Å². The summed E-state index contributed by atoms with van der Waals surface area (Å²) < 4.78 is 5.08. The smallest absolute Gasteiger partial charge is 0.338 e. The van der Waals surface area contributed by atoms with Crippen LogP contribution in [0.5, 0.6) is 0 Å². The van der Waals surface area contributed by atoms with Crippen LogP contribution in [0.3, 0.4) is 0 Å². The minimum absolute atomic E-state index is 0.262. The first-order valence-electron chi connectivity index (χ1n) is 8.19. The lowest BCUT2D eigenvalue weighted by atomic mass is 9.91. The minimum atomic E-state index is -0.457. The number of rotatable bonds is 5. The van der Waals surface area contributed by atoms with Crippen LogP contribution in [0.15, 0.2) is 30.3 Å². The molecule has 0 saturated carbocycles. The summed E-state index contributed by atoms with van der Waals surface area (Å²) in [5.41, 5.74) is 1.25. The van der Waals surface area contributed by atoms with Gasteiger partial charge >= 0.3 is 5.97 Å². The van der Waals surface area contributed by atoms with Crippen LogP contribution in [0.1, 0.15) is 38.0 Å². The molecule has 0 fully saturated rings. The maximum Gasteiger partial charge on any atom is 0.338 e. The highest BCUT2D eigenvalue weighted by molar-refractivity contribution is 6.27. The van der Waals surface area contributed by atoms with Gasteiger partial charge in [-0.3, -0.25) is 14.5 Å². The number of amides is 2. The molecular weight excluding hydrogens is 320 g/mol. The number of benzene rings is 2. The van der Waals surface area contributed by atoms with Gasteiger partial charge in [0.15, 0.2) is 0 Å². The second-order valence-electron chi connectivity index (χ2n) is 6.17. The van der Waals surface area contributed by atoms with E-state index in [-0.39, 0.29) is 18.4 Å². The summed E-state index contributed by atoms with van der Waals surface area (Å²) in [7, 11) is 3.78. The van der Waals surface area contributed by atoms with Crippen molar-refractivity contribution < 1.29 is 19.1 Å². The molecular formula is C19H20N2O4. The summed E-state index contributed by atoms with van der Waals surface area (Å²) in [4.78, 5) is 41.0. The van der Waals surface area contributed by atoms with Gasteiger partial charge in [0, 0.05) is 29.6 Å². The summed E-state index contributed by atoms with van der Waals surface area (Å²) in [5.74, 6) is -1.11. The van der Waals surface area contributed by atoms with Crippen LogP contribution in [-0.4, -0.2) is 61.4 Å². The highest BCUT2D eigenvalue weighted by Gasteiger charge is 2.33. The SMILES string of the molecule is CCOC(=O)c1ccc2c3c(cccc13)C(=O)N(CCN(C)C)C2=O. The standard InChI is InChI=1S/C19H20N2O4/c1-4-25-19(24)13-8-9-15-16-12(13)6-5-7-14(16)17(22)21(18(15)23)11-10-20(2)3/h5-9H,4,10-11H2,1-3H3. The molecule has 2 aromatic carbocycles. The van der Waals surface area contributed by atoms with Crippen LogP contribution in [-0.2, 0) is 4.74 Å². The van der Waals surface area contributed by atoms with Crippen molar-refractivity contribution in [1.29, 1.82) is 0 Å². The Morgan fingerprint density at radius 2 is 1.76 bits per heavy atom. The van der Waals surface area contributed by atoms with E-state index >= 15 is 0 Å². The lowest BCUT2D eigenvalue weighted by molar-refractivity contribution is 0.0525. The third kappa shape index (κ3) is 2.89. The molecule has 1 aliphatic heterocycles. The molecule has 25 heavy (non-hydrogen) atoms. The Hall–Kier alpha value is -2.73. The molecule has 6 heteroatoms. The average molecular weight is 340 g/mol. The van der Waals surface area contributed by atoms with E-state index in [0.29, 0.717) is 40.6 Å². The van der Waals surface area contributed by atoms with Gasteiger partial charge in [-0.2, -0.15) is 0 Å². The van der Waals surface area contributed by atoms with Crippen LogP contribution >= 0.6 is 0 Å². The Labute approximate surface area is 146 Å². The highest BCUT2D eigenvalue weighted by Crippen LogP contribution is 2.32. The molecule has 1 aliphatic rings. The zero-order chi connectivity index (χ0) is 18.1. The van der Waals surface area contributed by atoms with Gasteiger partial charge in [0.05, 0.1) is 12.2 Å². The summed E-state index contributed by atoms with van der Waals surface area (Å²) in [5, 5.41) is 1.10. The van der Waals surface area contributed by atoms with E-state index in [9.17, 15) is 14.4 Å². The Morgan fingerprint density at radius 1 is 1.08 bits per heavy atom. The van der Waals surface area contributed by atoms with Crippen molar-refractivity contribution in [1.82, 2.24) is 9.80 Å². The van der Waals surface area contributed by atoms with Crippen molar-refractivity contribution in [2.75, 3.05) is 33.8 Å². The van der Waals surface area contributed by atoms with E-state index < -0.39 is 5.97 Å². The molecule has 0 N–H and O–H groups in total. The summed E-state index contributed by atoms with van der Waals surface area (Å²) in [6, 6.07) is 8.36. The Morgan fingerprint density at radius 3 is 2.40 bits per heavy atom. The fraction of sp³-hybridized carbons (Fsp3) is 0.316. The van der Waals surface area contributed by atoms with Crippen LogP contribution < -0.4 is 0 Å². The molecule has 0 bridgehead atoms. The number of ether oxygens (including phenoxy) is 1. The quantitative estimate of drug-likeness (QED) is 0.616. The monoisotopic (exact) mass is 340 g/mol. The molecule has 130 valence electrons. The number of imide groups is 1. The third-order valence-corrected chi connectivity index (χ3v) is 4.26. The molecule has 0 aliphatic carbocycles. The Balaban J connectivity index is 2.14. The van der Waals surface area contributed by atoms with Gasteiger partial charge < -0.3 is 9.64 Å². The normalized spacial score (nSPS) is 13.7. The molecule has 6 nitrogen and oxygen atoms in total. The predicted molar refractivity (Wildman–Crippen MR) is 93.8 cm³/mol. The maximum absolute atomic E-state index is 12.8. The van der Waals surface area contributed by atoms with Gasteiger partial charge in [0.1, 0.15) is 0 Å². The van der Waals surface area contributed by atoms with E-state index in [0.717, 1.165) is 0 Å². The molecule has 0 aromatic heterocycles. The van der Waals surface area contributed by atoms with Gasteiger partial charge in [-0.15, -0.1) is 0 Å². The van der Waals surface area contributed by atoms with Crippen LogP contribution in [0.4, 0.5) is 0 Å². The lowest BCUT2D eigenvalue weighted by Crippen LogP contribution is -2.43. The van der Waals surface area contributed by atoms with Gasteiger partial charge in [0.25, 0.3) is 11.8 Å². The second kappa shape index (κ2) is 6.64. The first kappa shape index (κ1) is 17.1. The van der Waals surface area contributed by atoms with Crippen molar-refractivity contribution >= 4 is 28.6 Å². The van der Waals surface area contributed by atoms with Gasteiger partial charge in [0.2, 0.25) is 0 Å². The molecule has 0 spiro atoms. The number of hydrogen-bond donors (Lipinski definition) is 0. The van der Waals surface area contributed by atoms with Crippen molar-refractivity contribution in [3.05, 3.63) is 47.0 Å². The number of nitrogens with zero attached hydrogens (tertiary/aromatic N) is 2. The van der Waals surface area contributed by atoms with E-state index in [1.807, 2.05) is 19.0 Å². The maximum atomic E-state index is 12.8. The van der Waals surface area contributed by atoms with Gasteiger partial charge in [-0.1, -0.05) is 12.1 Å². The van der Waals surface area contributed by atoms with E-state index in [2.05, 4.69) is 0 Å². The van der Waals surface area contributed by atoms with Crippen LogP contribution in [0.2, 0.25) is 0 Å². The molecule has 2 amide bonds. The molecule has 2 aromatic rings. The predicted octanol–water partition coefficient (Wildman–Crippen LogP) is 2.17. The first-order valence-corrected chi connectivity index (χ1v) is 8.19. The van der Waals surface area contributed by atoms with Crippen LogP contribution in [0, 0.1) is 0 Å². The number of hydrogen-bond acceptors (Lipinski definition) is 5. The molecule has 0 saturated heterocycles. The zero-order valence-corrected chi connectivity index (χ0v) is 14.5. The second-order valence-corrected chi connectivity index (χ2v) is 6.17. The molecule has 3 rings (SSSR count). The molecule has 0 atom stereocenters. The number of esters is 1. The lowest BCUT2D eigenvalue weighted by Gasteiger charge is -2.28. The van der Waals surface area contributed by atoms with Crippen molar-refractivity contribution in [3.8, 4) is 0 Å². The summed E-state index contributed by atoms with van der Waals surface area (Å²) >= 11 is 0. The number of carbonyl (C=O) groups excluding carboxylic acids is 3. The minimum Gasteiger partial charge on any atom is -0.462 e. The number of likely N-dealkylation sites (N-methyl/N-ethyl adjacent to an activating group) is 1. The highest BCUT2D eigenvalue weighted by atomic mass is 16.5. The zero-order valence-electron chi connectivity index (χ0n) is 14.5. The van der Waals surface area contributed by atoms with Gasteiger partial charge in [-0.25, -0.2) is 4.79 Å². The van der Waals surface area contributed by atoms with E-state index in [4.69, 9.17) is 4.74 Å². The first-order chi connectivity index (χ1) is 12.0. The molecule has 0 radical (unpaired) electrons. The van der Waals surface area contributed by atoms with E-state index in [1.54, 1.807) is 37.3 Å². The number of carbonyl (C=O) groups is 3. The van der Waals surface area contributed by atoms with Crippen molar-refractivity contribution in [2.24, 2.45) is 0 Å². The fourth-order valence-electron chi connectivity index (χ4n) is 3.04. The summed E-state index contributed by atoms with van der Waals surface area (Å²) in [6.07, 6.45) is 0.